The van der Waals surface area contributed by atoms with Crippen LogP contribution in [-0.2, 0) is 13.6 Å². The van der Waals surface area contributed by atoms with E-state index in [1.165, 1.54) is 0 Å². The van der Waals surface area contributed by atoms with Gasteiger partial charge in [0.15, 0.2) is 5.69 Å². The summed E-state index contributed by atoms with van der Waals surface area (Å²) in [6.07, 6.45) is 1.75. The Hall–Kier alpha value is -1.04. The van der Waals surface area contributed by atoms with Crippen molar-refractivity contribution in [2.24, 2.45) is 7.05 Å². The summed E-state index contributed by atoms with van der Waals surface area (Å²) in [5.74, 6) is -0.143. The molecule has 1 heterocycles. The lowest BCUT2D eigenvalue weighted by atomic mass is 10.2. The number of amides is 1. The van der Waals surface area contributed by atoms with Crippen molar-refractivity contribution in [3.8, 4) is 0 Å². The number of rotatable bonds is 4. The second-order valence-electron chi connectivity index (χ2n) is 4.55. The van der Waals surface area contributed by atoms with Crippen LogP contribution < -0.4 is 0 Å². The van der Waals surface area contributed by atoms with E-state index >= 15 is 0 Å². The van der Waals surface area contributed by atoms with Crippen molar-refractivity contribution in [1.29, 1.82) is 0 Å². The molecule has 1 aromatic heterocycles. The van der Waals surface area contributed by atoms with Gasteiger partial charge in [0.05, 0.1) is 4.47 Å². The lowest BCUT2D eigenvalue weighted by Crippen LogP contribution is -2.31. The Morgan fingerprint density at radius 3 is 2.67 bits per heavy atom. The van der Waals surface area contributed by atoms with E-state index < -0.39 is 0 Å². The van der Waals surface area contributed by atoms with Crippen LogP contribution in [0.15, 0.2) is 28.9 Å². The van der Waals surface area contributed by atoms with E-state index in [-0.39, 0.29) is 5.91 Å². The first-order valence-corrected chi connectivity index (χ1v) is 7.89. The molecule has 7 heteroatoms. The van der Waals surface area contributed by atoms with Gasteiger partial charge in [-0.1, -0.05) is 29.3 Å². The van der Waals surface area contributed by atoms with Gasteiger partial charge in [-0.3, -0.25) is 9.48 Å². The van der Waals surface area contributed by atoms with Crippen molar-refractivity contribution in [2.45, 2.75) is 13.5 Å². The number of carbonyl (C=O) groups is 1. The third-order valence-electron chi connectivity index (χ3n) is 3.03. The smallest absolute Gasteiger partial charge is 0.275 e. The predicted octanol–water partition coefficient (Wildman–Crippen LogP) is 4.15. The van der Waals surface area contributed by atoms with Crippen LogP contribution in [0.2, 0.25) is 10.0 Å². The summed E-state index contributed by atoms with van der Waals surface area (Å²) in [7, 11) is 1.77. The fraction of sp³-hybridized carbons (Fsp3) is 0.286. The first kappa shape index (κ1) is 16.3. The SMILES string of the molecule is CCN(Cc1ccc(Cl)cc1Cl)C(=O)c1nn(C)cc1Br. The highest BCUT2D eigenvalue weighted by Crippen LogP contribution is 2.23. The van der Waals surface area contributed by atoms with E-state index in [4.69, 9.17) is 23.2 Å². The van der Waals surface area contributed by atoms with Gasteiger partial charge in [-0.05, 0) is 40.5 Å². The van der Waals surface area contributed by atoms with Crippen LogP contribution in [0.3, 0.4) is 0 Å². The Morgan fingerprint density at radius 1 is 1.43 bits per heavy atom. The van der Waals surface area contributed by atoms with Crippen LogP contribution in [0, 0.1) is 0 Å². The molecular formula is C14H14BrCl2N3O. The van der Waals surface area contributed by atoms with Crippen LogP contribution in [-0.4, -0.2) is 27.1 Å². The van der Waals surface area contributed by atoms with E-state index in [1.807, 2.05) is 13.0 Å². The number of hydrogen-bond donors (Lipinski definition) is 0. The summed E-state index contributed by atoms with van der Waals surface area (Å²) in [6.45, 7) is 2.88. The quantitative estimate of drug-likeness (QED) is 0.786. The van der Waals surface area contributed by atoms with Crippen LogP contribution in [0.25, 0.3) is 0 Å². The minimum absolute atomic E-state index is 0.143. The van der Waals surface area contributed by atoms with Crippen molar-refractivity contribution in [3.63, 3.8) is 0 Å². The molecule has 4 nitrogen and oxygen atoms in total. The van der Waals surface area contributed by atoms with Crippen molar-refractivity contribution >= 4 is 45.0 Å². The zero-order valence-corrected chi connectivity index (χ0v) is 14.7. The van der Waals surface area contributed by atoms with Gasteiger partial charge < -0.3 is 4.90 Å². The van der Waals surface area contributed by atoms with Gasteiger partial charge >= 0.3 is 0 Å². The first-order valence-electron chi connectivity index (χ1n) is 6.34. The highest BCUT2D eigenvalue weighted by Gasteiger charge is 2.21. The molecule has 112 valence electrons. The molecule has 0 saturated heterocycles. The van der Waals surface area contributed by atoms with Crippen LogP contribution in [0.4, 0.5) is 0 Å². The van der Waals surface area contributed by atoms with E-state index in [0.717, 1.165) is 5.56 Å². The number of aromatic nitrogens is 2. The van der Waals surface area contributed by atoms with Crippen molar-refractivity contribution in [3.05, 3.63) is 50.2 Å². The summed E-state index contributed by atoms with van der Waals surface area (Å²) >= 11 is 15.4. The molecule has 21 heavy (non-hydrogen) atoms. The molecular weight excluding hydrogens is 377 g/mol. The molecule has 2 rings (SSSR count). The summed E-state index contributed by atoms with van der Waals surface area (Å²) in [4.78, 5) is 14.2. The molecule has 0 unspecified atom stereocenters. The highest BCUT2D eigenvalue weighted by atomic mass is 79.9. The molecule has 0 aliphatic heterocycles. The Morgan fingerprint density at radius 2 is 2.14 bits per heavy atom. The zero-order valence-electron chi connectivity index (χ0n) is 11.6. The van der Waals surface area contributed by atoms with E-state index in [9.17, 15) is 4.79 Å². The number of nitrogens with zero attached hydrogens (tertiary/aromatic N) is 3. The van der Waals surface area contributed by atoms with Crippen LogP contribution in [0.5, 0.6) is 0 Å². The number of benzene rings is 1. The van der Waals surface area contributed by atoms with Crippen LogP contribution >= 0.6 is 39.1 Å². The molecule has 0 saturated carbocycles. The van der Waals surface area contributed by atoms with Gasteiger partial charge in [0.2, 0.25) is 0 Å². The minimum atomic E-state index is -0.143. The lowest BCUT2D eigenvalue weighted by molar-refractivity contribution is 0.0745. The van der Waals surface area contributed by atoms with Gasteiger partial charge in [0, 0.05) is 36.4 Å². The molecule has 0 bridgehead atoms. The van der Waals surface area contributed by atoms with Crippen molar-refractivity contribution < 1.29 is 4.79 Å². The normalized spacial score (nSPS) is 10.7. The molecule has 0 aliphatic rings. The third-order valence-corrected chi connectivity index (χ3v) is 4.20. The topological polar surface area (TPSA) is 38.1 Å². The molecule has 0 atom stereocenters. The number of aryl methyl sites for hydroxylation is 1. The Balaban J connectivity index is 2.23. The van der Waals surface area contributed by atoms with Gasteiger partial charge in [0.25, 0.3) is 5.91 Å². The molecule has 0 fully saturated rings. The number of halogens is 3. The maximum absolute atomic E-state index is 12.5. The third kappa shape index (κ3) is 3.78. The fourth-order valence-corrected chi connectivity index (χ4v) is 2.95. The second kappa shape index (κ2) is 6.81. The average molecular weight is 391 g/mol. The standard InChI is InChI=1S/C14H14BrCl2N3O/c1-3-20(7-9-4-5-10(16)6-12(9)17)14(21)13-11(15)8-19(2)18-13/h4-6,8H,3,7H2,1-2H3. The number of hydrogen-bond acceptors (Lipinski definition) is 2. The maximum Gasteiger partial charge on any atom is 0.275 e. The van der Waals surface area contributed by atoms with Gasteiger partial charge in [0.1, 0.15) is 0 Å². The summed E-state index contributed by atoms with van der Waals surface area (Å²) in [5.41, 5.74) is 1.24. The average Bonchev–Trinajstić information content (AvgIpc) is 2.76. The minimum Gasteiger partial charge on any atom is -0.333 e. The van der Waals surface area contributed by atoms with Crippen molar-refractivity contribution in [1.82, 2.24) is 14.7 Å². The first-order chi connectivity index (χ1) is 9.92. The van der Waals surface area contributed by atoms with E-state index in [0.29, 0.717) is 33.3 Å². The maximum atomic E-state index is 12.5. The Kier molecular flexibility index (Phi) is 5.30. The summed E-state index contributed by atoms with van der Waals surface area (Å²) in [5, 5.41) is 5.31. The van der Waals surface area contributed by atoms with Gasteiger partial charge in [-0.15, -0.1) is 0 Å². The van der Waals surface area contributed by atoms with Crippen LogP contribution in [0.1, 0.15) is 23.0 Å². The molecule has 1 amide bonds. The van der Waals surface area contributed by atoms with E-state index in [2.05, 4.69) is 21.0 Å². The molecule has 1 aromatic carbocycles. The molecule has 0 aliphatic carbocycles. The molecule has 0 N–H and O–H groups in total. The number of carbonyl (C=O) groups excluding carboxylic acids is 1. The Bertz CT molecular complexity index is 672. The summed E-state index contributed by atoms with van der Waals surface area (Å²) < 4.78 is 2.27. The fourth-order valence-electron chi connectivity index (χ4n) is 1.94. The second-order valence-corrected chi connectivity index (χ2v) is 6.25. The molecule has 0 radical (unpaired) electrons. The zero-order chi connectivity index (χ0) is 15.6. The van der Waals surface area contributed by atoms with E-state index in [1.54, 1.807) is 35.0 Å². The summed E-state index contributed by atoms with van der Waals surface area (Å²) in [6, 6.07) is 5.26. The molecule has 0 spiro atoms. The highest BCUT2D eigenvalue weighted by molar-refractivity contribution is 9.10. The predicted molar refractivity (Wildman–Crippen MR) is 87.8 cm³/mol. The monoisotopic (exact) mass is 389 g/mol. The molecule has 2 aromatic rings. The Labute approximate surface area is 141 Å². The largest absolute Gasteiger partial charge is 0.333 e. The van der Waals surface area contributed by atoms with Gasteiger partial charge in [-0.25, -0.2) is 0 Å². The van der Waals surface area contributed by atoms with Gasteiger partial charge in [-0.2, -0.15) is 5.10 Å². The lowest BCUT2D eigenvalue weighted by Gasteiger charge is -2.21. The van der Waals surface area contributed by atoms with Crippen molar-refractivity contribution in [2.75, 3.05) is 6.54 Å².